The number of thiazole rings is 1. The highest BCUT2D eigenvalue weighted by Gasteiger charge is 2.12. The lowest BCUT2D eigenvalue weighted by molar-refractivity contribution is 0.415. The number of hydrogen-bond donors (Lipinski definition) is 1. The number of aromatic nitrogens is 2. The Morgan fingerprint density at radius 1 is 1.09 bits per heavy atom. The second-order valence-corrected chi connectivity index (χ2v) is 6.32. The summed E-state index contributed by atoms with van der Waals surface area (Å²) in [5, 5.41) is 8.81. The number of methoxy groups -OCH3 is 1. The van der Waals surface area contributed by atoms with Gasteiger partial charge >= 0.3 is 0 Å². The molecule has 23 heavy (non-hydrogen) atoms. The van der Waals surface area contributed by atoms with Crippen molar-refractivity contribution in [1.29, 1.82) is 0 Å². The van der Waals surface area contributed by atoms with Crippen molar-refractivity contribution in [3.05, 3.63) is 53.0 Å². The van der Waals surface area contributed by atoms with Gasteiger partial charge in [-0.05, 0) is 36.4 Å². The molecule has 0 atom stereocenters. The van der Waals surface area contributed by atoms with E-state index in [2.05, 4.69) is 10.3 Å². The average molecular weight is 342 g/mol. The van der Waals surface area contributed by atoms with Crippen LogP contribution in [0.2, 0.25) is 5.02 Å². The Hall–Kier alpha value is -2.37. The van der Waals surface area contributed by atoms with Gasteiger partial charge in [0.15, 0.2) is 5.13 Å². The molecule has 0 amide bonds. The second kappa shape index (κ2) is 5.68. The number of ether oxygens (including phenoxy) is 1. The number of nitrogens with one attached hydrogen (secondary N) is 1. The Morgan fingerprint density at radius 2 is 2.00 bits per heavy atom. The first-order chi connectivity index (χ1) is 11.2. The van der Waals surface area contributed by atoms with Crippen molar-refractivity contribution in [2.75, 3.05) is 12.4 Å². The molecule has 2 aromatic carbocycles. The minimum atomic E-state index is 0.665. The zero-order valence-electron chi connectivity index (χ0n) is 12.2. The lowest BCUT2D eigenvalue weighted by atomic mass is 10.1. The van der Waals surface area contributed by atoms with E-state index in [9.17, 15) is 0 Å². The Labute approximate surface area is 141 Å². The highest BCUT2D eigenvalue weighted by atomic mass is 35.5. The Balaban J connectivity index is 2.05. The van der Waals surface area contributed by atoms with Crippen LogP contribution in [0.5, 0.6) is 5.75 Å². The molecule has 1 N–H and O–H groups in total. The van der Waals surface area contributed by atoms with Crippen molar-refractivity contribution in [3.8, 4) is 5.75 Å². The molecule has 0 aliphatic heterocycles. The standard InChI is InChI=1S/C17H12ClN3OS/c1-22-11-3-5-14-13(9-11)16(21-17-19-6-7-23-17)12-4-2-10(18)8-15(12)20-14/h2-9H,1H3,(H,19,20,21). The quantitative estimate of drug-likeness (QED) is 0.517. The van der Waals surface area contributed by atoms with Crippen molar-refractivity contribution >= 4 is 55.6 Å². The summed E-state index contributed by atoms with van der Waals surface area (Å²) in [5.74, 6) is 0.787. The number of rotatable bonds is 3. The maximum atomic E-state index is 6.12. The van der Waals surface area contributed by atoms with Crippen LogP contribution in [0.25, 0.3) is 21.8 Å². The molecular formula is C17H12ClN3OS. The predicted molar refractivity (Wildman–Crippen MR) is 96.2 cm³/mol. The van der Waals surface area contributed by atoms with Gasteiger partial charge in [0.25, 0.3) is 0 Å². The van der Waals surface area contributed by atoms with Crippen molar-refractivity contribution in [3.63, 3.8) is 0 Å². The van der Waals surface area contributed by atoms with Crippen LogP contribution in [0.15, 0.2) is 48.0 Å². The number of benzene rings is 2. The SMILES string of the molecule is COc1ccc2nc3cc(Cl)ccc3c(Nc3nccs3)c2c1. The summed E-state index contributed by atoms with van der Waals surface area (Å²) in [4.78, 5) is 9.02. The summed E-state index contributed by atoms with van der Waals surface area (Å²) in [6, 6.07) is 11.5. The van der Waals surface area contributed by atoms with E-state index >= 15 is 0 Å². The summed E-state index contributed by atoms with van der Waals surface area (Å²) in [6.45, 7) is 0. The molecule has 0 fully saturated rings. The molecule has 0 saturated carbocycles. The third-order valence-electron chi connectivity index (χ3n) is 3.61. The maximum absolute atomic E-state index is 6.12. The maximum Gasteiger partial charge on any atom is 0.187 e. The highest BCUT2D eigenvalue weighted by molar-refractivity contribution is 7.13. The van der Waals surface area contributed by atoms with Gasteiger partial charge in [0.05, 0.1) is 23.8 Å². The van der Waals surface area contributed by atoms with Gasteiger partial charge in [0, 0.05) is 27.4 Å². The first-order valence-electron chi connectivity index (χ1n) is 6.98. The molecule has 0 radical (unpaired) electrons. The van der Waals surface area contributed by atoms with Crippen molar-refractivity contribution in [2.45, 2.75) is 0 Å². The summed E-state index contributed by atoms with van der Waals surface area (Å²) in [5.41, 5.74) is 2.67. The average Bonchev–Trinajstić information content (AvgIpc) is 3.07. The monoisotopic (exact) mass is 341 g/mol. The zero-order chi connectivity index (χ0) is 15.8. The van der Waals surface area contributed by atoms with E-state index in [1.54, 1.807) is 24.6 Å². The Morgan fingerprint density at radius 3 is 2.78 bits per heavy atom. The fourth-order valence-corrected chi connectivity index (χ4v) is 3.25. The zero-order valence-corrected chi connectivity index (χ0v) is 13.8. The van der Waals surface area contributed by atoms with Crippen LogP contribution in [0.1, 0.15) is 0 Å². The molecular weight excluding hydrogens is 330 g/mol. The van der Waals surface area contributed by atoms with E-state index in [-0.39, 0.29) is 0 Å². The molecule has 0 unspecified atom stereocenters. The number of pyridine rings is 1. The van der Waals surface area contributed by atoms with Gasteiger partial charge in [-0.3, -0.25) is 0 Å². The summed E-state index contributed by atoms with van der Waals surface area (Å²) >= 11 is 7.67. The third-order valence-corrected chi connectivity index (χ3v) is 4.53. The first-order valence-corrected chi connectivity index (χ1v) is 8.24. The van der Waals surface area contributed by atoms with Crippen LogP contribution in [-0.4, -0.2) is 17.1 Å². The van der Waals surface area contributed by atoms with Crippen molar-refractivity contribution in [2.24, 2.45) is 0 Å². The Kier molecular flexibility index (Phi) is 3.52. The number of halogens is 1. The van der Waals surface area contributed by atoms with Crippen LogP contribution in [0.3, 0.4) is 0 Å². The summed E-state index contributed by atoms with van der Waals surface area (Å²) in [6.07, 6.45) is 1.77. The van der Waals surface area contributed by atoms with Gasteiger partial charge in [-0.1, -0.05) is 11.6 Å². The molecule has 0 saturated heterocycles. The predicted octanol–water partition coefficient (Wildman–Crippen LogP) is 5.25. The van der Waals surface area contributed by atoms with Gasteiger partial charge in [-0.2, -0.15) is 0 Å². The summed E-state index contributed by atoms with van der Waals surface area (Å²) < 4.78 is 5.35. The molecule has 0 aliphatic rings. The number of fused-ring (bicyclic) bond motifs is 2. The molecule has 4 aromatic rings. The lowest BCUT2D eigenvalue weighted by Gasteiger charge is -2.12. The van der Waals surface area contributed by atoms with Gasteiger partial charge in [-0.15, -0.1) is 11.3 Å². The van der Waals surface area contributed by atoms with Crippen molar-refractivity contribution in [1.82, 2.24) is 9.97 Å². The van der Waals surface area contributed by atoms with Crippen LogP contribution >= 0.6 is 22.9 Å². The third kappa shape index (κ3) is 2.58. The van der Waals surface area contributed by atoms with Crippen LogP contribution < -0.4 is 10.1 Å². The molecule has 0 bridgehead atoms. The molecule has 0 spiro atoms. The molecule has 2 aromatic heterocycles. The van der Waals surface area contributed by atoms with Crippen LogP contribution in [0, 0.1) is 0 Å². The minimum Gasteiger partial charge on any atom is -0.497 e. The van der Waals surface area contributed by atoms with E-state index in [0.717, 1.165) is 38.4 Å². The minimum absolute atomic E-state index is 0.665. The number of hydrogen-bond acceptors (Lipinski definition) is 5. The first kappa shape index (κ1) is 14.2. The smallest absolute Gasteiger partial charge is 0.187 e. The molecule has 4 nitrogen and oxygen atoms in total. The van der Waals surface area contributed by atoms with Crippen LogP contribution in [-0.2, 0) is 0 Å². The fraction of sp³-hybridized carbons (Fsp3) is 0.0588. The summed E-state index contributed by atoms with van der Waals surface area (Å²) in [7, 11) is 1.66. The second-order valence-electron chi connectivity index (χ2n) is 4.99. The Bertz CT molecular complexity index is 1000. The van der Waals surface area contributed by atoms with Gasteiger partial charge in [0.2, 0.25) is 0 Å². The number of anilines is 2. The normalized spacial score (nSPS) is 11.0. The van der Waals surface area contributed by atoms with Gasteiger partial charge in [-0.25, -0.2) is 9.97 Å². The van der Waals surface area contributed by atoms with Gasteiger partial charge < -0.3 is 10.1 Å². The topological polar surface area (TPSA) is 47.0 Å². The van der Waals surface area contributed by atoms with Crippen LogP contribution in [0.4, 0.5) is 10.8 Å². The van der Waals surface area contributed by atoms with Gasteiger partial charge in [0.1, 0.15) is 5.75 Å². The highest BCUT2D eigenvalue weighted by Crippen LogP contribution is 2.36. The lowest BCUT2D eigenvalue weighted by Crippen LogP contribution is -1.95. The van der Waals surface area contributed by atoms with E-state index in [1.165, 1.54) is 0 Å². The molecule has 114 valence electrons. The van der Waals surface area contributed by atoms with Crippen molar-refractivity contribution < 1.29 is 4.74 Å². The molecule has 4 rings (SSSR count). The molecule has 2 heterocycles. The fourth-order valence-electron chi connectivity index (χ4n) is 2.55. The molecule has 0 aliphatic carbocycles. The molecule has 6 heteroatoms. The van der Waals surface area contributed by atoms with E-state index in [1.807, 2.05) is 41.8 Å². The van der Waals surface area contributed by atoms with E-state index in [4.69, 9.17) is 21.3 Å². The largest absolute Gasteiger partial charge is 0.497 e. The van der Waals surface area contributed by atoms with E-state index < -0.39 is 0 Å². The van der Waals surface area contributed by atoms with E-state index in [0.29, 0.717) is 5.02 Å². The number of nitrogens with zero attached hydrogens (tertiary/aromatic N) is 2.